The summed E-state index contributed by atoms with van der Waals surface area (Å²) < 4.78 is 5.15. The second-order valence-electron chi connectivity index (χ2n) is 5.82. The number of aryl methyl sites for hydroxylation is 1. The molecule has 1 atom stereocenters. The molecule has 0 radical (unpaired) electrons. The van der Waals surface area contributed by atoms with E-state index in [1.807, 2.05) is 13.0 Å². The number of rotatable bonds is 6. The summed E-state index contributed by atoms with van der Waals surface area (Å²) in [6, 6.07) is 3.74. The molecule has 3 rings (SSSR count). The number of carboxylic acid groups (broad SMARTS) is 1. The molecular formula is C16H19N3O4S. The molecule has 1 amide bonds. The molecule has 7 nitrogen and oxygen atoms in total. The summed E-state index contributed by atoms with van der Waals surface area (Å²) in [6.45, 7) is 3.39. The number of carbonyl (C=O) groups is 2. The minimum Gasteiger partial charge on any atom is -0.477 e. The Hall–Kier alpha value is -2.19. The van der Waals surface area contributed by atoms with Crippen molar-refractivity contribution in [2.75, 3.05) is 18.4 Å². The maximum absolute atomic E-state index is 12.1. The van der Waals surface area contributed by atoms with Crippen molar-refractivity contribution in [3.05, 3.63) is 33.8 Å². The average molecular weight is 349 g/mol. The molecule has 3 heterocycles. The van der Waals surface area contributed by atoms with Crippen LogP contribution in [0.25, 0.3) is 0 Å². The lowest BCUT2D eigenvalue weighted by molar-refractivity contribution is -0.116. The fraction of sp³-hybridized carbons (Fsp3) is 0.438. The van der Waals surface area contributed by atoms with E-state index in [1.54, 1.807) is 11.4 Å². The zero-order valence-electron chi connectivity index (χ0n) is 13.3. The maximum Gasteiger partial charge on any atom is 0.348 e. The molecule has 1 aliphatic rings. The first-order valence-electron chi connectivity index (χ1n) is 7.82. The number of carboxylic acids is 1. The predicted molar refractivity (Wildman–Crippen MR) is 89.3 cm³/mol. The van der Waals surface area contributed by atoms with Gasteiger partial charge in [-0.15, -0.1) is 11.3 Å². The molecule has 0 spiro atoms. The van der Waals surface area contributed by atoms with Gasteiger partial charge in [0.15, 0.2) is 0 Å². The molecule has 128 valence electrons. The van der Waals surface area contributed by atoms with Crippen molar-refractivity contribution >= 4 is 28.9 Å². The zero-order chi connectivity index (χ0) is 17.1. The predicted octanol–water partition coefficient (Wildman–Crippen LogP) is 2.91. The van der Waals surface area contributed by atoms with Crippen LogP contribution in [0.5, 0.6) is 0 Å². The average Bonchev–Trinajstić information content (AvgIpc) is 3.24. The van der Waals surface area contributed by atoms with Crippen LogP contribution in [0.15, 0.2) is 22.0 Å². The molecule has 2 N–H and O–H groups in total. The lowest BCUT2D eigenvalue weighted by Gasteiger charge is -2.22. The number of aromatic carboxylic acids is 1. The van der Waals surface area contributed by atoms with Crippen molar-refractivity contribution in [1.29, 1.82) is 0 Å². The Bertz CT molecular complexity index is 739. The molecule has 0 aliphatic carbocycles. The van der Waals surface area contributed by atoms with E-state index in [-0.39, 0.29) is 16.8 Å². The van der Waals surface area contributed by atoms with Gasteiger partial charge in [0.2, 0.25) is 5.91 Å². The summed E-state index contributed by atoms with van der Waals surface area (Å²) in [6.07, 6.45) is 2.37. The van der Waals surface area contributed by atoms with Crippen LogP contribution in [-0.4, -0.2) is 40.1 Å². The van der Waals surface area contributed by atoms with Crippen LogP contribution in [0.2, 0.25) is 0 Å². The zero-order valence-corrected chi connectivity index (χ0v) is 14.1. The number of thiophene rings is 1. The first kappa shape index (κ1) is 16.7. The molecular weight excluding hydrogens is 330 g/mol. The van der Waals surface area contributed by atoms with Gasteiger partial charge in [-0.1, -0.05) is 5.16 Å². The van der Waals surface area contributed by atoms with E-state index >= 15 is 0 Å². The molecule has 8 heteroatoms. The minimum atomic E-state index is -1.03. The van der Waals surface area contributed by atoms with E-state index in [2.05, 4.69) is 15.4 Å². The maximum atomic E-state index is 12.1. The molecule has 2 aromatic heterocycles. The highest BCUT2D eigenvalue weighted by atomic mass is 32.1. The molecule has 24 heavy (non-hydrogen) atoms. The van der Waals surface area contributed by atoms with Crippen LogP contribution in [0.4, 0.5) is 5.69 Å². The second kappa shape index (κ2) is 7.14. The van der Waals surface area contributed by atoms with E-state index in [0.717, 1.165) is 42.2 Å². The van der Waals surface area contributed by atoms with E-state index in [0.29, 0.717) is 18.7 Å². The van der Waals surface area contributed by atoms with Crippen molar-refractivity contribution in [3.63, 3.8) is 0 Å². The Morgan fingerprint density at radius 3 is 3.08 bits per heavy atom. The number of anilines is 1. The number of nitrogens with one attached hydrogen (secondary N) is 1. The fourth-order valence-electron chi connectivity index (χ4n) is 3.00. The minimum absolute atomic E-state index is 0.153. The van der Waals surface area contributed by atoms with E-state index in [4.69, 9.17) is 9.63 Å². The molecule has 1 fully saturated rings. The molecule has 1 saturated heterocycles. The van der Waals surface area contributed by atoms with Crippen molar-refractivity contribution in [2.24, 2.45) is 0 Å². The number of likely N-dealkylation sites (tertiary alicyclic amines) is 1. The summed E-state index contributed by atoms with van der Waals surface area (Å²) in [5.41, 5.74) is 1.28. The highest BCUT2D eigenvalue weighted by Crippen LogP contribution is 2.31. The van der Waals surface area contributed by atoms with Gasteiger partial charge in [-0.2, -0.15) is 0 Å². The van der Waals surface area contributed by atoms with Crippen LogP contribution in [0, 0.1) is 6.92 Å². The first-order valence-corrected chi connectivity index (χ1v) is 8.70. The smallest absolute Gasteiger partial charge is 0.348 e. The van der Waals surface area contributed by atoms with Crippen molar-refractivity contribution in [3.8, 4) is 0 Å². The van der Waals surface area contributed by atoms with Crippen LogP contribution in [0.3, 0.4) is 0 Å². The Morgan fingerprint density at radius 1 is 1.54 bits per heavy atom. The van der Waals surface area contributed by atoms with Crippen molar-refractivity contribution < 1.29 is 19.2 Å². The summed E-state index contributed by atoms with van der Waals surface area (Å²) in [4.78, 5) is 25.6. The SMILES string of the molecule is Cc1cc([C@@H]2CCCN2CCC(=O)Nc2ccsc2C(=O)O)no1. The number of hydrogen-bond acceptors (Lipinski definition) is 6. The van der Waals surface area contributed by atoms with E-state index in [9.17, 15) is 9.59 Å². The number of aromatic nitrogens is 1. The van der Waals surface area contributed by atoms with Crippen LogP contribution >= 0.6 is 11.3 Å². The Kier molecular flexibility index (Phi) is 4.96. The molecule has 0 unspecified atom stereocenters. The standard InChI is InChI=1S/C16H19N3O4S/c1-10-9-12(18-23-10)13-3-2-6-19(13)7-4-14(20)17-11-5-8-24-15(11)16(21)22/h5,8-9,13H,2-4,6-7H2,1H3,(H,17,20)(H,21,22)/t13-/m0/s1. The second-order valence-corrected chi connectivity index (χ2v) is 6.74. The molecule has 1 aliphatic heterocycles. The van der Waals surface area contributed by atoms with Crippen LogP contribution in [-0.2, 0) is 4.79 Å². The normalized spacial score (nSPS) is 18.0. The highest BCUT2D eigenvalue weighted by molar-refractivity contribution is 7.12. The van der Waals surface area contributed by atoms with Crippen molar-refractivity contribution in [1.82, 2.24) is 10.1 Å². The Labute approximate surface area is 143 Å². The summed E-state index contributed by atoms with van der Waals surface area (Å²) in [5.74, 6) is -0.424. The van der Waals surface area contributed by atoms with Gasteiger partial charge in [0, 0.05) is 19.0 Å². The largest absolute Gasteiger partial charge is 0.477 e. The van der Waals surface area contributed by atoms with Gasteiger partial charge >= 0.3 is 5.97 Å². The molecule has 0 saturated carbocycles. The number of hydrogen-bond donors (Lipinski definition) is 2. The van der Waals surface area contributed by atoms with Crippen molar-refractivity contribution in [2.45, 2.75) is 32.2 Å². The first-order chi connectivity index (χ1) is 11.5. The Morgan fingerprint density at radius 2 is 2.38 bits per heavy atom. The van der Waals surface area contributed by atoms with Gasteiger partial charge < -0.3 is 14.9 Å². The fourth-order valence-corrected chi connectivity index (χ4v) is 3.69. The highest BCUT2D eigenvalue weighted by Gasteiger charge is 2.28. The van der Waals surface area contributed by atoms with Gasteiger partial charge in [0.25, 0.3) is 0 Å². The monoisotopic (exact) mass is 349 g/mol. The third-order valence-electron chi connectivity index (χ3n) is 4.11. The molecule has 2 aromatic rings. The Balaban J connectivity index is 1.56. The number of carbonyl (C=O) groups excluding carboxylic acids is 1. The van der Waals surface area contributed by atoms with E-state index < -0.39 is 5.97 Å². The quantitative estimate of drug-likeness (QED) is 0.832. The van der Waals surface area contributed by atoms with Gasteiger partial charge in [0.05, 0.1) is 11.7 Å². The third-order valence-corrected chi connectivity index (χ3v) is 5.01. The summed E-state index contributed by atoms with van der Waals surface area (Å²) >= 11 is 1.10. The van der Waals surface area contributed by atoms with E-state index in [1.165, 1.54) is 0 Å². The molecule has 0 bridgehead atoms. The summed E-state index contributed by atoms with van der Waals surface area (Å²) in [7, 11) is 0. The van der Waals surface area contributed by atoms with Gasteiger partial charge in [-0.25, -0.2) is 4.79 Å². The lowest BCUT2D eigenvalue weighted by atomic mass is 10.1. The van der Waals surface area contributed by atoms with Gasteiger partial charge in [-0.3, -0.25) is 9.69 Å². The van der Waals surface area contributed by atoms with Gasteiger partial charge in [0.1, 0.15) is 16.3 Å². The third kappa shape index (κ3) is 3.65. The topological polar surface area (TPSA) is 95.7 Å². The number of nitrogens with zero attached hydrogens (tertiary/aromatic N) is 2. The van der Waals surface area contributed by atoms with Crippen LogP contribution < -0.4 is 5.32 Å². The van der Waals surface area contributed by atoms with Crippen LogP contribution in [0.1, 0.15) is 46.4 Å². The van der Waals surface area contributed by atoms with Gasteiger partial charge in [-0.05, 0) is 37.8 Å². The molecule has 0 aromatic carbocycles. The summed E-state index contributed by atoms with van der Waals surface area (Å²) in [5, 5.41) is 17.5. The lowest BCUT2D eigenvalue weighted by Crippen LogP contribution is -2.28. The number of amides is 1.